The number of nitrogens with zero attached hydrogens (tertiary/aromatic N) is 2. The molecule has 1 heterocycles. The van der Waals surface area contributed by atoms with Gasteiger partial charge in [0.1, 0.15) is 0 Å². The summed E-state index contributed by atoms with van der Waals surface area (Å²) < 4.78 is 36.7. The summed E-state index contributed by atoms with van der Waals surface area (Å²) in [5.41, 5.74) is 6.45. The zero-order valence-corrected chi connectivity index (χ0v) is 9.14. The SMILES string of the molecule is Cl.Nc1ccc(-c2n[nH]c(C(F)(F)F)n2)cc1. The third-order valence-corrected chi connectivity index (χ3v) is 1.92. The highest BCUT2D eigenvalue weighted by Crippen LogP contribution is 2.27. The molecule has 0 amide bonds. The molecule has 0 bridgehead atoms. The fraction of sp³-hybridized carbons (Fsp3) is 0.111. The number of halogens is 4. The first-order chi connectivity index (χ1) is 7.47. The predicted octanol–water partition coefficient (Wildman–Crippen LogP) is 2.49. The average molecular weight is 265 g/mol. The van der Waals surface area contributed by atoms with Crippen molar-refractivity contribution in [3.8, 4) is 11.4 Å². The maximum absolute atomic E-state index is 12.2. The molecule has 1 aromatic heterocycles. The number of nitrogens with one attached hydrogen (secondary N) is 1. The number of anilines is 1. The van der Waals surface area contributed by atoms with Gasteiger partial charge in [0.15, 0.2) is 5.82 Å². The lowest BCUT2D eigenvalue weighted by molar-refractivity contribution is -0.144. The van der Waals surface area contributed by atoms with Crippen molar-refractivity contribution >= 4 is 18.1 Å². The number of hydrogen-bond donors (Lipinski definition) is 2. The summed E-state index contributed by atoms with van der Waals surface area (Å²) in [5, 5.41) is 5.33. The minimum atomic E-state index is -4.51. The van der Waals surface area contributed by atoms with Crippen LogP contribution in [0.5, 0.6) is 0 Å². The molecule has 1 aromatic carbocycles. The zero-order chi connectivity index (χ0) is 11.8. The summed E-state index contributed by atoms with van der Waals surface area (Å²) >= 11 is 0. The Bertz CT molecular complexity index is 492. The molecule has 2 rings (SSSR count). The van der Waals surface area contributed by atoms with Gasteiger partial charge in [-0.05, 0) is 24.3 Å². The van der Waals surface area contributed by atoms with Gasteiger partial charge in [0.05, 0.1) is 0 Å². The highest BCUT2D eigenvalue weighted by atomic mass is 35.5. The van der Waals surface area contributed by atoms with Crippen molar-refractivity contribution in [2.45, 2.75) is 6.18 Å². The van der Waals surface area contributed by atoms with Crippen LogP contribution in [0.15, 0.2) is 24.3 Å². The number of alkyl halides is 3. The smallest absolute Gasteiger partial charge is 0.399 e. The molecule has 0 aliphatic carbocycles. The van der Waals surface area contributed by atoms with Crippen molar-refractivity contribution in [1.82, 2.24) is 15.2 Å². The Kier molecular flexibility index (Phi) is 3.62. The van der Waals surface area contributed by atoms with E-state index in [0.717, 1.165) is 0 Å². The van der Waals surface area contributed by atoms with Gasteiger partial charge in [-0.15, -0.1) is 12.4 Å². The van der Waals surface area contributed by atoms with E-state index in [1.54, 1.807) is 24.3 Å². The highest BCUT2D eigenvalue weighted by Gasteiger charge is 2.35. The van der Waals surface area contributed by atoms with Crippen LogP contribution in [0, 0.1) is 0 Å². The average Bonchev–Trinajstić information content (AvgIpc) is 2.67. The Morgan fingerprint density at radius 1 is 1.12 bits per heavy atom. The third-order valence-electron chi connectivity index (χ3n) is 1.92. The van der Waals surface area contributed by atoms with E-state index >= 15 is 0 Å². The third kappa shape index (κ3) is 2.88. The second-order valence-electron chi connectivity index (χ2n) is 3.13. The van der Waals surface area contributed by atoms with E-state index in [1.165, 1.54) is 0 Å². The molecule has 92 valence electrons. The Labute approximate surface area is 100 Å². The second kappa shape index (κ2) is 4.62. The summed E-state index contributed by atoms with van der Waals surface area (Å²) in [4.78, 5) is 3.35. The van der Waals surface area contributed by atoms with Crippen molar-refractivity contribution in [2.24, 2.45) is 0 Å². The van der Waals surface area contributed by atoms with Gasteiger partial charge in [-0.2, -0.15) is 18.3 Å². The van der Waals surface area contributed by atoms with E-state index in [9.17, 15) is 13.2 Å². The van der Waals surface area contributed by atoms with Crippen LogP contribution in [0.1, 0.15) is 5.82 Å². The zero-order valence-electron chi connectivity index (χ0n) is 8.32. The van der Waals surface area contributed by atoms with Gasteiger partial charge in [0, 0.05) is 11.3 Å². The van der Waals surface area contributed by atoms with Crippen LogP contribution in [0.2, 0.25) is 0 Å². The first-order valence-electron chi connectivity index (χ1n) is 4.32. The summed E-state index contributed by atoms with van der Waals surface area (Å²) in [7, 11) is 0. The Morgan fingerprint density at radius 3 is 2.18 bits per heavy atom. The van der Waals surface area contributed by atoms with Crippen LogP contribution in [0.25, 0.3) is 11.4 Å². The molecule has 4 nitrogen and oxygen atoms in total. The van der Waals surface area contributed by atoms with Crippen molar-refractivity contribution in [3.63, 3.8) is 0 Å². The van der Waals surface area contributed by atoms with Gasteiger partial charge >= 0.3 is 6.18 Å². The first kappa shape index (κ1) is 13.3. The molecule has 0 aliphatic heterocycles. The van der Waals surface area contributed by atoms with Crippen LogP contribution in [0.4, 0.5) is 18.9 Å². The highest BCUT2D eigenvalue weighted by molar-refractivity contribution is 5.85. The van der Waals surface area contributed by atoms with Gasteiger partial charge in [0.2, 0.25) is 5.82 Å². The lowest BCUT2D eigenvalue weighted by Gasteiger charge is -1.98. The van der Waals surface area contributed by atoms with Crippen LogP contribution >= 0.6 is 12.4 Å². The number of nitrogens with two attached hydrogens (primary N) is 1. The Balaban J connectivity index is 0.00000144. The number of rotatable bonds is 1. The molecule has 2 aromatic rings. The van der Waals surface area contributed by atoms with Gasteiger partial charge in [-0.3, -0.25) is 5.10 Å². The van der Waals surface area contributed by atoms with Gasteiger partial charge in [-0.25, -0.2) is 4.98 Å². The summed E-state index contributed by atoms with van der Waals surface area (Å²) in [6, 6.07) is 6.25. The molecule has 0 atom stereocenters. The number of nitrogen functional groups attached to an aromatic ring is 1. The molecule has 17 heavy (non-hydrogen) atoms. The van der Waals surface area contributed by atoms with E-state index in [2.05, 4.69) is 10.1 Å². The van der Waals surface area contributed by atoms with Crippen molar-refractivity contribution < 1.29 is 13.2 Å². The molecule has 3 N–H and O–H groups in total. The fourth-order valence-electron chi connectivity index (χ4n) is 1.15. The lowest BCUT2D eigenvalue weighted by atomic mass is 10.2. The summed E-state index contributed by atoms with van der Waals surface area (Å²) in [5.74, 6) is -1.12. The van der Waals surface area contributed by atoms with Crippen LogP contribution in [-0.4, -0.2) is 15.2 Å². The lowest BCUT2D eigenvalue weighted by Crippen LogP contribution is -2.07. The molecule has 0 saturated heterocycles. The van der Waals surface area contributed by atoms with Crippen molar-refractivity contribution in [1.29, 1.82) is 0 Å². The van der Waals surface area contributed by atoms with E-state index < -0.39 is 12.0 Å². The minimum Gasteiger partial charge on any atom is -0.399 e. The second-order valence-corrected chi connectivity index (χ2v) is 3.13. The van der Waals surface area contributed by atoms with Crippen molar-refractivity contribution in [3.05, 3.63) is 30.1 Å². The number of H-pyrrole nitrogens is 1. The standard InChI is InChI=1S/C9H7F3N4.ClH/c10-9(11,12)8-14-7(15-16-8)5-1-3-6(13)4-2-5;/h1-4H,13H2,(H,14,15,16);1H. The van der Waals surface area contributed by atoms with Crippen LogP contribution in [-0.2, 0) is 6.18 Å². The number of aromatic nitrogens is 3. The quantitative estimate of drug-likeness (QED) is 0.778. The largest absolute Gasteiger partial charge is 0.451 e. The van der Waals surface area contributed by atoms with Crippen molar-refractivity contribution in [2.75, 3.05) is 5.73 Å². The predicted molar refractivity (Wildman–Crippen MR) is 58.5 cm³/mol. The number of benzene rings is 1. The first-order valence-corrected chi connectivity index (χ1v) is 4.32. The number of hydrogen-bond acceptors (Lipinski definition) is 3. The molecule has 0 aliphatic rings. The molecule has 8 heteroatoms. The van der Waals surface area contributed by atoms with Gasteiger partial charge in [-0.1, -0.05) is 0 Å². The molecular weight excluding hydrogens is 257 g/mol. The monoisotopic (exact) mass is 264 g/mol. The maximum atomic E-state index is 12.2. The Morgan fingerprint density at radius 2 is 1.71 bits per heavy atom. The van der Waals surface area contributed by atoms with Gasteiger partial charge < -0.3 is 5.73 Å². The molecule has 0 unspecified atom stereocenters. The van der Waals surface area contributed by atoms with E-state index in [1.807, 2.05) is 5.10 Å². The minimum absolute atomic E-state index is 0. The van der Waals surface area contributed by atoms with Crippen LogP contribution < -0.4 is 5.73 Å². The van der Waals surface area contributed by atoms with Gasteiger partial charge in [0.25, 0.3) is 0 Å². The van der Waals surface area contributed by atoms with E-state index in [0.29, 0.717) is 11.3 Å². The molecule has 0 fully saturated rings. The van der Waals surface area contributed by atoms with E-state index in [4.69, 9.17) is 5.73 Å². The Hall–Kier alpha value is -1.76. The summed E-state index contributed by atoms with van der Waals surface area (Å²) in [6.07, 6.45) is -4.51. The number of aromatic amines is 1. The summed E-state index contributed by atoms with van der Waals surface area (Å²) in [6.45, 7) is 0. The molecule has 0 radical (unpaired) electrons. The molecule has 0 spiro atoms. The topological polar surface area (TPSA) is 67.6 Å². The van der Waals surface area contributed by atoms with Crippen LogP contribution in [0.3, 0.4) is 0 Å². The normalized spacial score (nSPS) is 11.0. The molecular formula is C9H8ClF3N4. The maximum Gasteiger partial charge on any atom is 0.451 e. The van der Waals surface area contributed by atoms with E-state index in [-0.39, 0.29) is 18.2 Å². The fourth-order valence-corrected chi connectivity index (χ4v) is 1.15. The molecule has 0 saturated carbocycles.